The normalized spacial score (nSPS) is 26.6. The first-order valence-corrected chi connectivity index (χ1v) is 13.6. The Morgan fingerprint density at radius 3 is 2.82 bits per heavy atom. The second kappa shape index (κ2) is 9.38. The highest BCUT2D eigenvalue weighted by Gasteiger charge is 2.53. The number of benzene rings is 1. The van der Waals surface area contributed by atoms with E-state index in [9.17, 15) is 14.7 Å². The molecule has 2 unspecified atom stereocenters. The van der Waals surface area contributed by atoms with Crippen molar-refractivity contribution in [2.45, 2.75) is 37.4 Å². The molecule has 2 amide bonds. The molecule has 0 saturated carbocycles. The van der Waals surface area contributed by atoms with Crippen LogP contribution in [0.2, 0.25) is 5.02 Å². The molecule has 0 spiro atoms. The van der Waals surface area contributed by atoms with Gasteiger partial charge >= 0.3 is 0 Å². The molecule has 3 saturated heterocycles. The first-order valence-electron chi connectivity index (χ1n) is 13.2. The molecule has 1 aromatic heterocycles. The van der Waals surface area contributed by atoms with Crippen molar-refractivity contribution in [3.63, 3.8) is 0 Å². The Labute approximate surface area is 231 Å². The quantitative estimate of drug-likeness (QED) is 0.582. The van der Waals surface area contributed by atoms with Gasteiger partial charge < -0.3 is 29.4 Å². The number of hydrogen-bond donors (Lipinski definition) is 1. The van der Waals surface area contributed by atoms with Crippen molar-refractivity contribution < 1.29 is 23.8 Å². The number of rotatable bonds is 3. The van der Waals surface area contributed by atoms with Gasteiger partial charge in [-0.2, -0.15) is 0 Å². The summed E-state index contributed by atoms with van der Waals surface area (Å²) in [5.41, 5.74) is -0.187. The minimum Gasteiger partial charge on any atom is -0.507 e. The first kappa shape index (κ1) is 25.9. The van der Waals surface area contributed by atoms with Crippen molar-refractivity contribution in [1.82, 2.24) is 19.7 Å². The molecule has 11 heteroatoms. The number of phenols is 1. The van der Waals surface area contributed by atoms with Gasteiger partial charge in [0.25, 0.3) is 5.91 Å². The Balaban J connectivity index is 1.53. The van der Waals surface area contributed by atoms with Crippen LogP contribution in [-0.2, 0) is 4.79 Å². The second-order valence-corrected chi connectivity index (χ2v) is 11.3. The summed E-state index contributed by atoms with van der Waals surface area (Å²) in [6, 6.07) is 3.87. The van der Waals surface area contributed by atoms with E-state index in [2.05, 4.69) is 30.4 Å². The molecule has 4 aliphatic rings. The Morgan fingerprint density at radius 1 is 1.28 bits per heavy atom. The summed E-state index contributed by atoms with van der Waals surface area (Å²) in [6.07, 6.45) is 3.01. The number of pyridine rings is 1. The van der Waals surface area contributed by atoms with Crippen molar-refractivity contribution in [2.75, 3.05) is 51.3 Å². The zero-order valence-corrected chi connectivity index (χ0v) is 22.7. The molecule has 5 heterocycles. The number of aromatic hydroxyl groups is 1. The van der Waals surface area contributed by atoms with Crippen LogP contribution in [0.3, 0.4) is 0 Å². The SMILES string of the molecule is C=CC(=O)N1CCN2C(=O)c3c(N4CCC5N(C)CC[C@]54C)nc(-c4c(O)cccc4F)c(Cl)c3OCC2C1. The summed E-state index contributed by atoms with van der Waals surface area (Å²) in [6.45, 7) is 8.37. The van der Waals surface area contributed by atoms with E-state index in [1.54, 1.807) is 9.80 Å². The zero-order chi connectivity index (χ0) is 27.6. The number of hydrogen-bond acceptors (Lipinski definition) is 7. The Hall–Kier alpha value is -3.37. The van der Waals surface area contributed by atoms with Gasteiger partial charge in [0.2, 0.25) is 5.91 Å². The molecule has 0 aliphatic carbocycles. The zero-order valence-electron chi connectivity index (χ0n) is 22.0. The highest BCUT2D eigenvalue weighted by molar-refractivity contribution is 6.35. The minimum atomic E-state index is -0.683. The number of piperazine rings is 1. The van der Waals surface area contributed by atoms with Crippen molar-refractivity contribution in [2.24, 2.45) is 0 Å². The Morgan fingerprint density at radius 2 is 2.08 bits per heavy atom. The number of carbonyl (C=O) groups excluding carboxylic acids is 2. The number of fused-ring (bicyclic) bond motifs is 3. The predicted molar refractivity (Wildman–Crippen MR) is 145 cm³/mol. The van der Waals surface area contributed by atoms with Crippen LogP contribution in [-0.4, -0.2) is 101 Å². The number of anilines is 1. The highest BCUT2D eigenvalue weighted by atomic mass is 35.5. The van der Waals surface area contributed by atoms with Crippen LogP contribution in [0.5, 0.6) is 11.5 Å². The fourth-order valence-electron chi connectivity index (χ4n) is 6.78. The maximum atomic E-state index is 15.1. The monoisotopic (exact) mass is 555 g/mol. The number of nitrogens with zero attached hydrogens (tertiary/aromatic N) is 5. The van der Waals surface area contributed by atoms with Gasteiger partial charge in [-0.15, -0.1) is 0 Å². The lowest BCUT2D eigenvalue weighted by Gasteiger charge is -2.40. The van der Waals surface area contributed by atoms with E-state index >= 15 is 4.39 Å². The summed E-state index contributed by atoms with van der Waals surface area (Å²) in [4.78, 5) is 39.2. The summed E-state index contributed by atoms with van der Waals surface area (Å²) >= 11 is 6.85. The number of ether oxygens (including phenoxy) is 1. The Bertz CT molecular complexity index is 1370. The highest BCUT2D eigenvalue weighted by Crippen LogP contribution is 2.50. The summed E-state index contributed by atoms with van der Waals surface area (Å²) in [5, 5.41) is 10.6. The standard InChI is InChI=1S/C28H31ClFN5O4/c1-4-20(37)33-12-13-34-16(14-33)15-39-25-22(27(34)38)26(35-10-8-19-28(35,2)9-11-32(19)3)31-24(23(25)29)21-17(30)6-5-7-18(21)36/h4-7,16,19,36H,1,8-15H2,2-3H3/t16?,19?,28-/m1/s1. The van der Waals surface area contributed by atoms with Crippen LogP contribution in [0.1, 0.15) is 30.1 Å². The van der Waals surface area contributed by atoms with E-state index < -0.39 is 11.9 Å². The number of phenolic OH excluding ortho intramolecular Hbond substituents is 1. The molecule has 1 N–H and O–H groups in total. The minimum absolute atomic E-state index is 0.0237. The maximum Gasteiger partial charge on any atom is 0.261 e. The van der Waals surface area contributed by atoms with Crippen LogP contribution in [0.4, 0.5) is 10.2 Å². The molecular formula is C28H31ClFN5O4. The van der Waals surface area contributed by atoms with Gasteiger partial charge in [0, 0.05) is 38.8 Å². The topological polar surface area (TPSA) is 89.5 Å². The first-order chi connectivity index (χ1) is 18.7. The second-order valence-electron chi connectivity index (χ2n) is 10.9. The van der Waals surface area contributed by atoms with Crippen molar-refractivity contribution >= 4 is 29.2 Å². The van der Waals surface area contributed by atoms with Gasteiger partial charge in [-0.25, -0.2) is 9.37 Å². The predicted octanol–water partition coefficient (Wildman–Crippen LogP) is 3.15. The van der Waals surface area contributed by atoms with Crippen molar-refractivity contribution in [3.8, 4) is 22.8 Å². The number of halogens is 2. The van der Waals surface area contributed by atoms with E-state index in [1.165, 1.54) is 24.3 Å². The van der Waals surface area contributed by atoms with Crippen LogP contribution >= 0.6 is 11.6 Å². The number of amides is 2. The lowest BCUT2D eigenvalue weighted by atomic mass is 9.93. The number of likely N-dealkylation sites (tertiary alicyclic amines) is 1. The fraction of sp³-hybridized carbons (Fsp3) is 0.464. The smallest absolute Gasteiger partial charge is 0.261 e. The molecule has 3 atom stereocenters. The molecule has 206 valence electrons. The average molecular weight is 556 g/mol. The van der Waals surface area contributed by atoms with Crippen LogP contribution < -0.4 is 9.64 Å². The average Bonchev–Trinajstić information content (AvgIpc) is 3.36. The largest absolute Gasteiger partial charge is 0.507 e. The number of likely N-dealkylation sites (N-methyl/N-ethyl adjacent to an activating group) is 1. The molecule has 2 aromatic rings. The fourth-order valence-corrected chi connectivity index (χ4v) is 7.07. The third kappa shape index (κ3) is 3.87. The van der Waals surface area contributed by atoms with Gasteiger partial charge in [0.05, 0.1) is 17.1 Å². The van der Waals surface area contributed by atoms with Crippen molar-refractivity contribution in [1.29, 1.82) is 0 Å². The van der Waals surface area contributed by atoms with Gasteiger partial charge in [-0.3, -0.25) is 9.59 Å². The van der Waals surface area contributed by atoms with E-state index in [1.807, 2.05) is 0 Å². The summed E-state index contributed by atoms with van der Waals surface area (Å²) in [5.74, 6) is -0.982. The van der Waals surface area contributed by atoms with Gasteiger partial charge in [0.15, 0.2) is 5.75 Å². The van der Waals surface area contributed by atoms with E-state index in [-0.39, 0.29) is 63.3 Å². The molecule has 6 rings (SSSR count). The third-order valence-electron chi connectivity index (χ3n) is 8.89. The van der Waals surface area contributed by atoms with E-state index in [0.29, 0.717) is 32.0 Å². The molecule has 0 radical (unpaired) electrons. The lowest BCUT2D eigenvalue weighted by molar-refractivity contribution is -0.128. The van der Waals surface area contributed by atoms with E-state index in [4.69, 9.17) is 21.3 Å². The van der Waals surface area contributed by atoms with Crippen molar-refractivity contribution in [3.05, 3.63) is 47.3 Å². The van der Waals surface area contributed by atoms with E-state index in [0.717, 1.165) is 19.4 Å². The third-order valence-corrected chi connectivity index (χ3v) is 9.24. The molecule has 0 bridgehead atoms. The lowest BCUT2D eigenvalue weighted by Crippen LogP contribution is -2.57. The molecule has 1 aromatic carbocycles. The molecular weight excluding hydrogens is 525 g/mol. The van der Waals surface area contributed by atoms with Gasteiger partial charge in [0.1, 0.15) is 40.3 Å². The number of aromatic nitrogens is 1. The molecule has 4 aliphatic heterocycles. The van der Waals surface area contributed by atoms with Crippen LogP contribution in [0, 0.1) is 5.82 Å². The number of carbonyl (C=O) groups is 2. The Kier molecular flexibility index (Phi) is 6.22. The maximum absolute atomic E-state index is 15.1. The summed E-state index contributed by atoms with van der Waals surface area (Å²) < 4.78 is 21.4. The molecule has 9 nitrogen and oxygen atoms in total. The summed E-state index contributed by atoms with van der Waals surface area (Å²) in [7, 11) is 2.10. The molecule has 3 fully saturated rings. The molecule has 39 heavy (non-hydrogen) atoms. The van der Waals surface area contributed by atoms with Gasteiger partial charge in [-0.1, -0.05) is 24.2 Å². The van der Waals surface area contributed by atoms with Gasteiger partial charge in [-0.05, 0) is 45.0 Å². The van der Waals surface area contributed by atoms with Crippen LogP contribution in [0.15, 0.2) is 30.9 Å². The van der Waals surface area contributed by atoms with Crippen LogP contribution in [0.25, 0.3) is 11.3 Å².